The van der Waals surface area contributed by atoms with Gasteiger partial charge in [0.05, 0.1) is 55.4 Å². The fraction of sp³-hybridized carbons (Fsp3) is 1.00. The SMILES string of the molecule is CCCCCCCCCCCCCCCC[N+](C)(C)C.CCCCCCCCCCCCCCCC[N+](C)(C)C.[O]=[Mo](=[O])([O-])[O-]. The molecule has 0 bridgehead atoms. The molecule has 45 heavy (non-hydrogen) atoms. The standard InChI is InChI=1S/2C19H42N.Mo.4O/c2*1-5-6-7-8-9-10-11-12-13-14-15-16-17-18-19-20(2,3)4;;;;;/h2*5-19H2,1-4H3;;;;;/q2*+1;;;;2*-1. The van der Waals surface area contributed by atoms with E-state index in [2.05, 4.69) is 56.1 Å². The fourth-order valence-electron chi connectivity index (χ4n) is 5.56. The van der Waals surface area contributed by atoms with Crippen molar-refractivity contribution in [1.82, 2.24) is 0 Å². The first-order chi connectivity index (χ1) is 21.1. The van der Waals surface area contributed by atoms with Crippen molar-refractivity contribution in [2.75, 3.05) is 55.4 Å². The summed E-state index contributed by atoms with van der Waals surface area (Å²) in [5.41, 5.74) is 0. The Hall–Kier alpha value is 0.128. The summed E-state index contributed by atoms with van der Waals surface area (Å²) < 4.78 is 36.8. The van der Waals surface area contributed by atoms with Gasteiger partial charge in [0.15, 0.2) is 0 Å². The maximum atomic E-state index is 8.63. The Morgan fingerprint density at radius 1 is 0.333 bits per heavy atom. The van der Waals surface area contributed by atoms with E-state index in [0.29, 0.717) is 0 Å². The summed E-state index contributed by atoms with van der Waals surface area (Å²) >= 11 is -6.02. The van der Waals surface area contributed by atoms with Crippen LogP contribution >= 0.6 is 0 Å². The number of quaternary nitrogens is 2. The molecule has 0 atom stereocenters. The Balaban J connectivity index is -0.000000680. The van der Waals surface area contributed by atoms with Gasteiger partial charge in [-0.25, -0.2) is 0 Å². The van der Waals surface area contributed by atoms with Gasteiger partial charge in [0, 0.05) is 0 Å². The second-order valence-corrected chi connectivity index (χ2v) is 17.6. The number of unbranched alkanes of at least 4 members (excludes halogenated alkanes) is 26. The van der Waals surface area contributed by atoms with Crippen molar-refractivity contribution in [3.8, 4) is 0 Å². The van der Waals surface area contributed by atoms with Crippen LogP contribution in [0.2, 0.25) is 0 Å². The Morgan fingerprint density at radius 2 is 0.467 bits per heavy atom. The van der Waals surface area contributed by atoms with Crippen LogP contribution in [-0.2, 0) is 23.5 Å². The van der Waals surface area contributed by atoms with Gasteiger partial charge in [0.1, 0.15) is 0 Å². The summed E-state index contributed by atoms with van der Waals surface area (Å²) in [4.78, 5) is 0. The molecule has 0 fully saturated rings. The topological polar surface area (TPSA) is 80.3 Å². The van der Waals surface area contributed by atoms with Crippen LogP contribution in [0.3, 0.4) is 0 Å². The minimum absolute atomic E-state index is 1.12. The van der Waals surface area contributed by atoms with Gasteiger partial charge >= 0.3 is 31.1 Å². The number of hydrogen-bond donors (Lipinski definition) is 0. The van der Waals surface area contributed by atoms with Gasteiger partial charge in [-0.05, 0) is 25.7 Å². The zero-order valence-corrected chi connectivity index (χ0v) is 34.2. The molecule has 0 radical (unpaired) electrons. The van der Waals surface area contributed by atoms with Gasteiger partial charge in [-0.1, -0.05) is 168 Å². The van der Waals surface area contributed by atoms with Crippen LogP contribution in [0.4, 0.5) is 0 Å². The molecule has 0 aromatic carbocycles. The monoisotopic (exact) mass is 731 g/mol. The van der Waals surface area contributed by atoms with Gasteiger partial charge in [0.2, 0.25) is 0 Å². The number of rotatable bonds is 30. The Morgan fingerprint density at radius 3 is 0.600 bits per heavy atom. The molecule has 0 saturated heterocycles. The van der Waals surface area contributed by atoms with E-state index in [1.54, 1.807) is 0 Å². The molecule has 6 nitrogen and oxygen atoms in total. The Labute approximate surface area is 288 Å². The number of hydrogen-bond acceptors (Lipinski definition) is 4. The predicted octanol–water partition coefficient (Wildman–Crippen LogP) is 9.73. The van der Waals surface area contributed by atoms with Crippen LogP contribution in [0.5, 0.6) is 0 Å². The second-order valence-electron chi connectivity index (χ2n) is 15.6. The van der Waals surface area contributed by atoms with Crippen LogP contribution in [0.15, 0.2) is 0 Å². The first kappa shape index (κ1) is 49.5. The summed E-state index contributed by atoms with van der Waals surface area (Å²) in [5.74, 6) is 0. The molecule has 276 valence electrons. The van der Waals surface area contributed by atoms with Gasteiger partial charge < -0.3 is 8.97 Å². The number of nitrogens with zero attached hydrogens (tertiary/aromatic N) is 2. The van der Waals surface area contributed by atoms with Crippen molar-refractivity contribution in [1.29, 1.82) is 0 Å². The zero-order valence-electron chi connectivity index (χ0n) is 32.1. The molecule has 0 aromatic heterocycles. The van der Waals surface area contributed by atoms with E-state index >= 15 is 0 Å². The van der Waals surface area contributed by atoms with E-state index < -0.39 is 16.7 Å². The molecule has 0 aliphatic carbocycles. The van der Waals surface area contributed by atoms with Crippen molar-refractivity contribution in [3.05, 3.63) is 0 Å². The van der Waals surface area contributed by atoms with Crippen molar-refractivity contribution in [2.45, 2.75) is 194 Å². The van der Waals surface area contributed by atoms with E-state index in [9.17, 15) is 0 Å². The third-order valence-electron chi connectivity index (χ3n) is 8.36. The quantitative estimate of drug-likeness (QED) is 0.0419. The van der Waals surface area contributed by atoms with Crippen molar-refractivity contribution in [3.63, 3.8) is 0 Å². The second kappa shape index (κ2) is 35.4. The van der Waals surface area contributed by atoms with Gasteiger partial charge in [-0.2, -0.15) is 0 Å². The molecule has 0 unspecified atom stereocenters. The van der Waals surface area contributed by atoms with Crippen LogP contribution in [-0.4, -0.2) is 64.3 Å². The molecule has 0 N–H and O–H groups in total. The average molecular weight is 729 g/mol. The molecule has 0 spiro atoms. The molecule has 0 aliphatic rings. The molecular formula is C38H84MoN2O4. The first-order valence-electron chi connectivity index (χ1n) is 19.4. The summed E-state index contributed by atoms with van der Waals surface area (Å²) in [6.45, 7) is 7.25. The molecule has 0 saturated carbocycles. The summed E-state index contributed by atoms with van der Waals surface area (Å²) in [5, 5.41) is 0. The van der Waals surface area contributed by atoms with E-state index in [0.717, 1.165) is 8.97 Å². The van der Waals surface area contributed by atoms with Crippen LogP contribution in [0.25, 0.3) is 0 Å². The van der Waals surface area contributed by atoms with Crippen molar-refractivity contribution >= 4 is 0 Å². The van der Waals surface area contributed by atoms with Crippen molar-refractivity contribution < 1.29 is 40.0 Å². The predicted molar refractivity (Wildman–Crippen MR) is 188 cm³/mol. The zero-order chi connectivity index (χ0) is 34.7. The molecule has 0 rings (SSSR count). The van der Waals surface area contributed by atoms with E-state index in [1.165, 1.54) is 193 Å². The molecule has 7 heteroatoms. The third kappa shape index (κ3) is 67.2. The first-order valence-corrected chi connectivity index (χ1v) is 22.7. The van der Waals surface area contributed by atoms with Crippen molar-refractivity contribution in [2.24, 2.45) is 0 Å². The van der Waals surface area contributed by atoms with Crippen LogP contribution in [0.1, 0.15) is 194 Å². The molecule has 0 heterocycles. The average Bonchev–Trinajstić information content (AvgIpc) is 2.92. The summed E-state index contributed by atoms with van der Waals surface area (Å²) in [6, 6.07) is 0. The summed E-state index contributed by atoms with van der Waals surface area (Å²) in [6.07, 6.45) is 40.7. The van der Waals surface area contributed by atoms with Crippen LogP contribution in [0, 0.1) is 0 Å². The fourth-order valence-corrected chi connectivity index (χ4v) is 5.56. The van der Waals surface area contributed by atoms with E-state index in [-0.39, 0.29) is 0 Å². The molecule has 0 aliphatic heterocycles. The molecular weight excluding hydrogens is 644 g/mol. The van der Waals surface area contributed by atoms with E-state index in [1.807, 2.05) is 0 Å². The summed E-state index contributed by atoms with van der Waals surface area (Å²) in [7, 11) is 13.8. The minimum atomic E-state index is -6.02. The normalized spacial score (nSPS) is 12.0. The Bertz CT molecular complexity index is 608. The maximum absolute atomic E-state index is 8.63. The Kier molecular flexibility index (Phi) is 39.0. The van der Waals surface area contributed by atoms with Gasteiger partial charge in [-0.3, -0.25) is 0 Å². The molecule has 0 amide bonds. The van der Waals surface area contributed by atoms with Gasteiger partial charge in [-0.15, -0.1) is 0 Å². The third-order valence-corrected chi connectivity index (χ3v) is 8.36. The molecule has 0 aromatic rings. The van der Waals surface area contributed by atoms with Gasteiger partial charge in [0.25, 0.3) is 0 Å². The van der Waals surface area contributed by atoms with Crippen LogP contribution < -0.4 is 7.52 Å². The van der Waals surface area contributed by atoms with E-state index in [4.69, 9.17) is 14.3 Å².